The van der Waals surface area contributed by atoms with Gasteiger partial charge in [0, 0.05) is 23.5 Å². The summed E-state index contributed by atoms with van der Waals surface area (Å²) in [6.45, 7) is 0.575. The zero-order chi connectivity index (χ0) is 23.2. The third-order valence-electron chi connectivity index (χ3n) is 6.28. The van der Waals surface area contributed by atoms with E-state index in [1.807, 2.05) is 42.5 Å². The Balaban J connectivity index is 1.29. The lowest BCUT2D eigenvalue weighted by atomic mass is 9.80. The predicted molar refractivity (Wildman–Crippen MR) is 126 cm³/mol. The zero-order valence-electron chi connectivity index (χ0n) is 18.8. The van der Waals surface area contributed by atoms with Crippen molar-refractivity contribution in [2.75, 3.05) is 20.3 Å². The molecule has 0 unspecified atom stereocenters. The molecule has 3 N–H and O–H groups in total. The molecule has 0 atom stereocenters. The molecule has 1 aliphatic rings. The fraction of sp³-hybridized carbons (Fsp3) is 0.346. The first kappa shape index (κ1) is 22.6. The number of pyridine rings is 1. The summed E-state index contributed by atoms with van der Waals surface area (Å²) < 4.78 is 10.8. The van der Waals surface area contributed by atoms with E-state index in [2.05, 4.69) is 5.32 Å². The Bertz CT molecular complexity index is 1140. The summed E-state index contributed by atoms with van der Waals surface area (Å²) in [5.41, 5.74) is 7.88. The van der Waals surface area contributed by atoms with Gasteiger partial charge in [-0.15, -0.1) is 0 Å². The number of benzene rings is 2. The number of hydrogen-bond donors (Lipinski definition) is 2. The van der Waals surface area contributed by atoms with Gasteiger partial charge in [-0.25, -0.2) is 0 Å². The smallest absolute Gasteiger partial charge is 0.257 e. The minimum atomic E-state index is -0.429. The Labute approximate surface area is 193 Å². The molecule has 0 aliphatic heterocycles. The number of carbonyl (C=O) groups excluding carboxylic acids is 2. The Morgan fingerprint density at radius 3 is 2.45 bits per heavy atom. The van der Waals surface area contributed by atoms with Gasteiger partial charge in [0.1, 0.15) is 0 Å². The molecule has 1 heterocycles. The Hall–Kier alpha value is -3.61. The average Bonchev–Trinajstić information content (AvgIpc) is 2.85. The van der Waals surface area contributed by atoms with Crippen LogP contribution in [-0.2, 0) is 4.79 Å². The van der Waals surface area contributed by atoms with Crippen LogP contribution in [0.3, 0.4) is 0 Å². The van der Waals surface area contributed by atoms with E-state index in [-0.39, 0.29) is 18.4 Å². The number of nitrogens with one attached hydrogen (secondary N) is 1. The highest BCUT2D eigenvalue weighted by Crippen LogP contribution is 2.36. The number of amides is 2. The van der Waals surface area contributed by atoms with Crippen molar-refractivity contribution in [2.24, 2.45) is 11.7 Å². The third kappa shape index (κ3) is 5.42. The van der Waals surface area contributed by atoms with E-state index in [0.29, 0.717) is 29.5 Å². The molecule has 7 nitrogen and oxygen atoms in total. The van der Waals surface area contributed by atoms with Crippen molar-refractivity contribution in [3.8, 4) is 11.5 Å². The molecule has 33 heavy (non-hydrogen) atoms. The molecule has 7 heteroatoms. The summed E-state index contributed by atoms with van der Waals surface area (Å²) >= 11 is 0. The molecule has 4 rings (SSSR count). The van der Waals surface area contributed by atoms with Gasteiger partial charge in [0.15, 0.2) is 18.1 Å². The van der Waals surface area contributed by atoms with Gasteiger partial charge in [-0.05, 0) is 55.9 Å². The number of ether oxygens (including phenoxy) is 2. The molecule has 0 spiro atoms. The minimum Gasteiger partial charge on any atom is -0.493 e. The van der Waals surface area contributed by atoms with E-state index in [4.69, 9.17) is 20.2 Å². The van der Waals surface area contributed by atoms with Crippen LogP contribution < -0.4 is 20.5 Å². The van der Waals surface area contributed by atoms with Crippen LogP contribution in [0.15, 0.2) is 54.6 Å². The molecule has 0 bridgehead atoms. The van der Waals surface area contributed by atoms with E-state index in [0.717, 1.165) is 42.3 Å². The zero-order valence-corrected chi connectivity index (χ0v) is 18.8. The number of hydrogen-bond acceptors (Lipinski definition) is 5. The Morgan fingerprint density at radius 2 is 1.73 bits per heavy atom. The molecular weight excluding hydrogens is 418 g/mol. The SMILES string of the molecule is COc1ccccc1OCC(=O)NCC1CCC(c2cc(C(N)=O)c3ccccc3n2)CC1. The number of methoxy groups -OCH3 is 1. The van der Waals surface area contributed by atoms with Crippen molar-refractivity contribution in [3.63, 3.8) is 0 Å². The highest BCUT2D eigenvalue weighted by atomic mass is 16.5. The predicted octanol–water partition coefficient (Wildman–Crippen LogP) is 3.81. The van der Waals surface area contributed by atoms with Crippen LogP contribution in [0.4, 0.5) is 0 Å². The van der Waals surface area contributed by atoms with Gasteiger partial charge in [0.05, 0.1) is 18.2 Å². The molecule has 1 aliphatic carbocycles. The van der Waals surface area contributed by atoms with Gasteiger partial charge in [0.25, 0.3) is 5.91 Å². The average molecular weight is 448 g/mol. The number of nitrogens with zero attached hydrogens (tertiary/aromatic N) is 1. The lowest BCUT2D eigenvalue weighted by Crippen LogP contribution is -2.34. The first-order valence-electron chi connectivity index (χ1n) is 11.3. The van der Waals surface area contributed by atoms with Crippen LogP contribution in [0.25, 0.3) is 10.9 Å². The van der Waals surface area contributed by atoms with Gasteiger partial charge in [-0.1, -0.05) is 30.3 Å². The number of primary amides is 1. The van der Waals surface area contributed by atoms with Gasteiger partial charge in [0.2, 0.25) is 5.91 Å². The summed E-state index contributed by atoms with van der Waals surface area (Å²) in [7, 11) is 1.57. The van der Waals surface area contributed by atoms with E-state index in [9.17, 15) is 9.59 Å². The van der Waals surface area contributed by atoms with E-state index < -0.39 is 5.91 Å². The summed E-state index contributed by atoms with van der Waals surface area (Å²) in [5, 5.41) is 3.77. The second-order valence-electron chi connectivity index (χ2n) is 8.44. The Morgan fingerprint density at radius 1 is 1.03 bits per heavy atom. The number of fused-ring (bicyclic) bond motifs is 1. The van der Waals surface area contributed by atoms with Crippen molar-refractivity contribution in [1.82, 2.24) is 10.3 Å². The quantitative estimate of drug-likeness (QED) is 0.547. The lowest BCUT2D eigenvalue weighted by molar-refractivity contribution is -0.123. The van der Waals surface area contributed by atoms with Crippen LogP contribution >= 0.6 is 0 Å². The third-order valence-corrected chi connectivity index (χ3v) is 6.28. The van der Waals surface area contributed by atoms with Gasteiger partial charge >= 0.3 is 0 Å². The molecule has 0 radical (unpaired) electrons. The Kier molecular flexibility index (Phi) is 7.07. The molecular formula is C26H29N3O4. The fourth-order valence-electron chi connectivity index (χ4n) is 4.46. The maximum atomic E-state index is 12.2. The van der Waals surface area contributed by atoms with Crippen LogP contribution in [0.2, 0.25) is 0 Å². The van der Waals surface area contributed by atoms with Crippen molar-refractivity contribution < 1.29 is 19.1 Å². The second kappa shape index (κ2) is 10.3. The molecule has 2 aromatic carbocycles. The van der Waals surface area contributed by atoms with Crippen LogP contribution in [0.5, 0.6) is 11.5 Å². The molecule has 0 saturated heterocycles. The van der Waals surface area contributed by atoms with Crippen molar-refractivity contribution in [1.29, 1.82) is 0 Å². The molecule has 1 aromatic heterocycles. The topological polar surface area (TPSA) is 104 Å². The molecule has 2 amide bonds. The van der Waals surface area contributed by atoms with Crippen molar-refractivity contribution >= 4 is 22.7 Å². The summed E-state index contributed by atoms with van der Waals surface area (Å²) in [6, 6.07) is 16.7. The number of rotatable bonds is 8. The van der Waals surface area contributed by atoms with Crippen molar-refractivity contribution in [3.05, 3.63) is 65.9 Å². The molecule has 3 aromatic rings. The lowest BCUT2D eigenvalue weighted by Gasteiger charge is -2.28. The van der Waals surface area contributed by atoms with E-state index in [1.165, 1.54) is 0 Å². The first-order valence-corrected chi connectivity index (χ1v) is 11.3. The normalized spacial score (nSPS) is 18.0. The van der Waals surface area contributed by atoms with Gasteiger partial charge in [-0.2, -0.15) is 0 Å². The number of aromatic nitrogens is 1. The van der Waals surface area contributed by atoms with Crippen molar-refractivity contribution in [2.45, 2.75) is 31.6 Å². The number of carbonyl (C=O) groups is 2. The van der Waals surface area contributed by atoms with Crippen LogP contribution in [0.1, 0.15) is 47.7 Å². The van der Waals surface area contributed by atoms with Gasteiger partial charge < -0.3 is 20.5 Å². The van der Waals surface area contributed by atoms with Crippen LogP contribution in [0, 0.1) is 5.92 Å². The maximum Gasteiger partial charge on any atom is 0.257 e. The standard InChI is InChI=1S/C26H29N3O4/c1-32-23-8-4-5-9-24(23)33-16-25(30)28-15-17-10-12-18(13-11-17)22-14-20(26(27)31)19-6-2-3-7-21(19)29-22/h2-9,14,17-18H,10-13,15-16H2,1H3,(H2,27,31)(H,28,30). The monoisotopic (exact) mass is 447 g/mol. The second-order valence-corrected chi connectivity index (χ2v) is 8.44. The maximum absolute atomic E-state index is 12.2. The highest BCUT2D eigenvalue weighted by molar-refractivity contribution is 6.05. The minimum absolute atomic E-state index is 0.0490. The van der Waals surface area contributed by atoms with E-state index in [1.54, 1.807) is 19.2 Å². The summed E-state index contributed by atoms with van der Waals surface area (Å²) in [6.07, 6.45) is 3.89. The first-order chi connectivity index (χ1) is 16.0. The summed E-state index contributed by atoms with van der Waals surface area (Å²) in [4.78, 5) is 29.0. The van der Waals surface area contributed by atoms with E-state index >= 15 is 0 Å². The van der Waals surface area contributed by atoms with Crippen LogP contribution in [-0.4, -0.2) is 37.1 Å². The molecule has 172 valence electrons. The fourth-order valence-corrected chi connectivity index (χ4v) is 4.46. The van der Waals surface area contributed by atoms with Gasteiger partial charge in [-0.3, -0.25) is 14.6 Å². The molecule has 1 saturated carbocycles. The largest absolute Gasteiger partial charge is 0.493 e. The highest BCUT2D eigenvalue weighted by Gasteiger charge is 2.25. The summed E-state index contributed by atoms with van der Waals surface area (Å²) in [5.74, 6) is 1.27. The number of nitrogens with two attached hydrogens (primary N) is 1. The molecule has 1 fully saturated rings. The number of para-hydroxylation sites is 3.